The molecule has 24 heavy (non-hydrogen) atoms. The highest BCUT2D eigenvalue weighted by Gasteiger charge is 2.31. The van der Waals surface area contributed by atoms with Crippen LogP contribution in [0.4, 0.5) is 0 Å². The van der Waals surface area contributed by atoms with Crippen LogP contribution in [0.5, 0.6) is 0 Å². The van der Waals surface area contributed by atoms with Gasteiger partial charge in [0.25, 0.3) is 0 Å². The number of halogens is 1. The number of carbonyl (C=O) groups is 1. The van der Waals surface area contributed by atoms with E-state index < -0.39 is 0 Å². The van der Waals surface area contributed by atoms with Gasteiger partial charge in [-0.05, 0) is 29.6 Å². The normalized spacial score (nSPS) is 17.1. The van der Waals surface area contributed by atoms with Crippen molar-refractivity contribution in [2.24, 2.45) is 0 Å². The summed E-state index contributed by atoms with van der Waals surface area (Å²) in [4.78, 5) is 12.1. The van der Waals surface area contributed by atoms with Crippen molar-refractivity contribution >= 4 is 28.6 Å². The Kier molecular flexibility index (Phi) is 11.8. The predicted molar refractivity (Wildman–Crippen MR) is 109 cm³/mol. The molecule has 0 bridgehead atoms. The highest BCUT2D eigenvalue weighted by molar-refractivity contribution is 14.1. The Morgan fingerprint density at radius 2 is 1.83 bits per heavy atom. The molecule has 1 unspecified atom stereocenters. The van der Waals surface area contributed by atoms with Crippen molar-refractivity contribution in [1.29, 1.82) is 0 Å². The molecule has 1 rings (SSSR count). The molecule has 0 N–H and O–H groups in total. The van der Waals surface area contributed by atoms with Crippen molar-refractivity contribution in [3.05, 3.63) is 0 Å². The molecule has 4 heteroatoms. The van der Waals surface area contributed by atoms with Crippen LogP contribution >= 0.6 is 22.6 Å². The Labute approximate surface area is 162 Å². The zero-order valence-corrected chi connectivity index (χ0v) is 17.8. The van der Waals surface area contributed by atoms with Gasteiger partial charge in [0.1, 0.15) is 6.54 Å². The third-order valence-corrected chi connectivity index (χ3v) is 5.46. The number of quaternary nitrogens is 1. The lowest BCUT2D eigenvalue weighted by Crippen LogP contribution is -2.47. The fraction of sp³-hybridized carbons (Fsp3) is 0.850. The van der Waals surface area contributed by atoms with Crippen LogP contribution < -0.4 is 0 Å². The van der Waals surface area contributed by atoms with Crippen LogP contribution in [0.2, 0.25) is 0 Å². The first-order valence-electron chi connectivity index (χ1n) is 9.75. The number of hydrogen-bond acceptors (Lipinski definition) is 2. The number of carbonyl (C=O) groups excluding carboxylic acids is 1. The number of rotatable bonds is 12. The van der Waals surface area contributed by atoms with Crippen molar-refractivity contribution < 1.29 is 14.0 Å². The molecule has 0 aromatic carbocycles. The number of likely N-dealkylation sites (tertiary alicyclic amines) is 1. The summed E-state index contributed by atoms with van der Waals surface area (Å²) in [5.41, 5.74) is 0. The maximum atomic E-state index is 12.1. The van der Waals surface area contributed by atoms with E-state index in [9.17, 15) is 4.79 Å². The van der Waals surface area contributed by atoms with E-state index in [1.54, 1.807) is 0 Å². The molecule has 0 aromatic rings. The van der Waals surface area contributed by atoms with Crippen LogP contribution in [0.1, 0.15) is 78.1 Å². The van der Waals surface area contributed by atoms with Crippen LogP contribution in [-0.4, -0.2) is 42.7 Å². The van der Waals surface area contributed by atoms with E-state index in [2.05, 4.69) is 39.4 Å². The number of hydrogen-bond donors (Lipinski definition) is 0. The van der Waals surface area contributed by atoms with Crippen molar-refractivity contribution in [3.63, 3.8) is 0 Å². The van der Waals surface area contributed by atoms with Gasteiger partial charge in [-0.25, -0.2) is 0 Å². The summed E-state index contributed by atoms with van der Waals surface area (Å²) in [5.74, 6) is 3.17. The van der Waals surface area contributed by atoms with E-state index in [0.29, 0.717) is 6.42 Å². The van der Waals surface area contributed by atoms with Crippen LogP contribution in [0.25, 0.3) is 0 Å². The average Bonchev–Trinajstić information content (AvgIpc) is 3.03. The van der Waals surface area contributed by atoms with E-state index in [4.69, 9.17) is 4.74 Å². The molecule has 1 atom stereocenters. The van der Waals surface area contributed by atoms with Gasteiger partial charge in [-0.2, -0.15) is 0 Å². The third-order valence-electron chi connectivity index (χ3n) is 5.08. The summed E-state index contributed by atoms with van der Waals surface area (Å²) in [6, 6.07) is 0. The van der Waals surface area contributed by atoms with Crippen molar-refractivity contribution in [2.45, 2.75) is 84.2 Å². The number of ether oxygens (including phenoxy) is 1. The summed E-state index contributed by atoms with van der Waals surface area (Å²) in [5, 5.41) is 0. The van der Waals surface area contributed by atoms with Crippen LogP contribution in [0.3, 0.4) is 0 Å². The highest BCUT2D eigenvalue weighted by Crippen LogP contribution is 2.20. The van der Waals surface area contributed by atoms with E-state index in [0.717, 1.165) is 37.1 Å². The molecule has 0 saturated carbocycles. The predicted octanol–water partition coefficient (Wildman–Crippen LogP) is 5.07. The van der Waals surface area contributed by atoms with Gasteiger partial charge in [0.2, 0.25) is 0 Å². The van der Waals surface area contributed by atoms with Crippen molar-refractivity contribution in [3.8, 4) is 9.85 Å². The molecule has 1 fully saturated rings. The van der Waals surface area contributed by atoms with Crippen LogP contribution in [0, 0.1) is 9.85 Å². The molecule has 1 aliphatic rings. The molecule has 1 heterocycles. The molecule has 1 saturated heterocycles. The van der Waals surface area contributed by atoms with E-state index >= 15 is 0 Å². The smallest absolute Gasteiger partial charge is 0.311 e. The molecule has 0 amide bonds. The van der Waals surface area contributed by atoms with Crippen molar-refractivity contribution in [2.75, 3.05) is 26.2 Å². The zero-order valence-electron chi connectivity index (χ0n) is 15.6. The first kappa shape index (κ1) is 21.8. The van der Waals surface area contributed by atoms with E-state index in [1.807, 2.05) is 6.92 Å². The largest absolute Gasteiger partial charge is 0.462 e. The molecule has 0 spiro atoms. The Balaban J connectivity index is 2.18. The molecular formula is C20H35INO2+. The second kappa shape index (κ2) is 13.0. The van der Waals surface area contributed by atoms with Gasteiger partial charge in [0.15, 0.2) is 0 Å². The topological polar surface area (TPSA) is 26.3 Å². The lowest BCUT2D eigenvalue weighted by Gasteiger charge is -2.32. The van der Waals surface area contributed by atoms with Gasteiger partial charge in [-0.1, -0.05) is 39.0 Å². The number of esters is 1. The Hall–Kier alpha value is -0.280. The summed E-state index contributed by atoms with van der Waals surface area (Å²) in [7, 11) is 0. The standard InChI is InChI=1S/C20H35INO2/c1-3-4-5-6-7-8-12-19(2)24-20(23)13-18-22(17-11-14-21)15-9-10-16-22/h19H,3-10,12-13,15-18H2,1-2H3/q+1. The van der Waals surface area contributed by atoms with E-state index in [1.165, 1.54) is 51.4 Å². The minimum atomic E-state index is -0.0275. The lowest BCUT2D eigenvalue weighted by molar-refractivity contribution is -0.909. The van der Waals surface area contributed by atoms with Crippen LogP contribution in [-0.2, 0) is 9.53 Å². The summed E-state index contributed by atoms with van der Waals surface area (Å²) < 4.78 is 9.55. The first-order valence-corrected chi connectivity index (χ1v) is 10.8. The van der Waals surface area contributed by atoms with Gasteiger partial charge < -0.3 is 9.22 Å². The van der Waals surface area contributed by atoms with E-state index in [-0.39, 0.29) is 12.1 Å². The monoisotopic (exact) mass is 448 g/mol. The Morgan fingerprint density at radius 3 is 2.50 bits per heavy atom. The molecule has 1 aliphatic heterocycles. The van der Waals surface area contributed by atoms with Gasteiger partial charge in [-0.3, -0.25) is 4.79 Å². The quantitative estimate of drug-likeness (QED) is 0.137. The van der Waals surface area contributed by atoms with Gasteiger partial charge in [-0.15, -0.1) is 0 Å². The molecule has 3 nitrogen and oxygen atoms in total. The SMILES string of the molecule is CCCCCCCCC(C)OC(=O)CC[N+]1(CC#CI)CCCC1. The maximum absolute atomic E-state index is 12.1. The average molecular weight is 448 g/mol. The second-order valence-electron chi connectivity index (χ2n) is 7.26. The maximum Gasteiger partial charge on any atom is 0.311 e. The Bertz CT molecular complexity index is 408. The van der Waals surface area contributed by atoms with Crippen LogP contribution in [0.15, 0.2) is 0 Å². The fourth-order valence-electron chi connectivity index (χ4n) is 3.55. The molecule has 0 aliphatic carbocycles. The highest BCUT2D eigenvalue weighted by atomic mass is 127. The third kappa shape index (κ3) is 9.27. The molecule has 0 aromatic heterocycles. The van der Waals surface area contributed by atoms with Crippen molar-refractivity contribution in [1.82, 2.24) is 0 Å². The molecule has 138 valence electrons. The second-order valence-corrected chi connectivity index (χ2v) is 7.80. The van der Waals surface area contributed by atoms with Gasteiger partial charge in [0, 0.05) is 35.4 Å². The minimum Gasteiger partial charge on any atom is -0.462 e. The Morgan fingerprint density at radius 1 is 1.17 bits per heavy atom. The summed E-state index contributed by atoms with van der Waals surface area (Å²) in [6.07, 6.45) is 11.8. The summed E-state index contributed by atoms with van der Waals surface area (Å²) in [6.45, 7) is 8.35. The first-order chi connectivity index (χ1) is 11.6. The molecular weight excluding hydrogens is 413 g/mol. The summed E-state index contributed by atoms with van der Waals surface area (Å²) >= 11 is 2.10. The number of nitrogens with zero attached hydrogens (tertiary/aromatic N) is 1. The molecule has 0 radical (unpaired) electrons. The number of unbranched alkanes of at least 4 members (excludes halogenated alkanes) is 5. The zero-order chi connectivity index (χ0) is 17.7. The fourth-order valence-corrected chi connectivity index (χ4v) is 3.72. The minimum absolute atomic E-state index is 0.0275. The lowest BCUT2D eigenvalue weighted by atomic mass is 10.1. The van der Waals surface area contributed by atoms with Gasteiger partial charge in [0.05, 0.1) is 32.2 Å². The van der Waals surface area contributed by atoms with Gasteiger partial charge >= 0.3 is 5.97 Å².